The molecule has 1 amide bonds. The van der Waals surface area contributed by atoms with Crippen molar-refractivity contribution < 1.29 is 9.90 Å². The van der Waals surface area contributed by atoms with E-state index in [9.17, 15) is 4.79 Å². The maximum Gasteiger partial charge on any atom is 0.222 e. The first-order valence-corrected chi connectivity index (χ1v) is 4.19. The summed E-state index contributed by atoms with van der Waals surface area (Å²) in [5.74, 6) is -0.164. The molecule has 0 heterocycles. The lowest BCUT2D eigenvalue weighted by molar-refractivity contribution is -0.120. The summed E-state index contributed by atoms with van der Waals surface area (Å²) in [5.41, 5.74) is 0. The Morgan fingerprint density at radius 3 is 2.85 bits per heavy atom. The highest BCUT2D eigenvalue weighted by atomic mass is 16.3. The molecule has 0 bridgehead atoms. The summed E-state index contributed by atoms with van der Waals surface area (Å²) in [4.78, 5) is 10.9. The van der Waals surface area contributed by atoms with E-state index in [1.54, 1.807) is 0 Å². The molecule has 0 fully saturated rings. The summed E-state index contributed by atoms with van der Waals surface area (Å²) in [7, 11) is 1.53. The van der Waals surface area contributed by atoms with Gasteiger partial charge in [-0.25, -0.2) is 0 Å². The number of aliphatic hydroxyl groups excluding tert-OH is 1. The summed E-state index contributed by atoms with van der Waals surface area (Å²) in [6.07, 6.45) is 0.740. The van der Waals surface area contributed by atoms with E-state index in [-0.39, 0.29) is 18.9 Å². The number of amides is 1. The average Bonchev–Trinajstić information content (AvgIpc) is 2.16. The Bertz CT molecular complexity index is 188. The minimum absolute atomic E-state index is 0.0884. The second kappa shape index (κ2) is 7.53. The molecule has 0 rings (SSSR count). The van der Waals surface area contributed by atoms with Crippen molar-refractivity contribution in [2.24, 2.45) is 0 Å². The zero-order chi connectivity index (χ0) is 10.1. The molecule has 0 aromatic carbocycles. The number of hydrogen-bond donors (Lipinski definition) is 3. The molecule has 1 atom stereocenters. The maximum atomic E-state index is 10.9. The summed E-state index contributed by atoms with van der Waals surface area (Å²) < 4.78 is 0. The van der Waals surface area contributed by atoms with Gasteiger partial charge in [0.05, 0.1) is 12.5 Å². The maximum absolute atomic E-state index is 10.9. The van der Waals surface area contributed by atoms with Crippen LogP contribution in [0.4, 0.5) is 0 Å². The highest BCUT2D eigenvalue weighted by Crippen LogP contribution is 1.90. The van der Waals surface area contributed by atoms with Crippen molar-refractivity contribution in [3.8, 4) is 6.07 Å². The van der Waals surface area contributed by atoms with Crippen LogP contribution in [-0.4, -0.2) is 37.3 Å². The lowest BCUT2D eigenvalue weighted by Crippen LogP contribution is -2.34. The van der Waals surface area contributed by atoms with Gasteiger partial charge in [-0.1, -0.05) is 0 Å². The van der Waals surface area contributed by atoms with Crippen molar-refractivity contribution in [3.63, 3.8) is 0 Å². The van der Waals surface area contributed by atoms with E-state index in [1.165, 1.54) is 7.05 Å². The van der Waals surface area contributed by atoms with E-state index in [2.05, 4.69) is 10.6 Å². The summed E-state index contributed by atoms with van der Waals surface area (Å²) in [6, 6.07) is 1.51. The standard InChI is InChI=1S/C8H15N3O2/c1-10-8(13)5-7(6-9)11-3-2-4-12/h7,11-12H,2-5H2,1H3,(H,10,13). The van der Waals surface area contributed by atoms with Crippen LogP contribution in [0.5, 0.6) is 0 Å². The predicted molar refractivity (Wildman–Crippen MR) is 47.8 cm³/mol. The molecule has 0 aliphatic heterocycles. The molecule has 5 heteroatoms. The van der Waals surface area contributed by atoms with E-state index in [0.29, 0.717) is 13.0 Å². The van der Waals surface area contributed by atoms with Crippen molar-refractivity contribution in [2.75, 3.05) is 20.2 Å². The van der Waals surface area contributed by atoms with Gasteiger partial charge in [0.2, 0.25) is 5.91 Å². The first-order chi connectivity index (χ1) is 6.24. The molecule has 0 radical (unpaired) electrons. The Morgan fingerprint density at radius 1 is 1.69 bits per heavy atom. The first kappa shape index (κ1) is 11.9. The first-order valence-electron chi connectivity index (χ1n) is 4.19. The number of nitriles is 1. The minimum Gasteiger partial charge on any atom is -0.396 e. The van der Waals surface area contributed by atoms with Crippen LogP contribution in [0.15, 0.2) is 0 Å². The smallest absolute Gasteiger partial charge is 0.222 e. The van der Waals surface area contributed by atoms with Gasteiger partial charge >= 0.3 is 0 Å². The van der Waals surface area contributed by atoms with Gasteiger partial charge in [0.15, 0.2) is 0 Å². The van der Waals surface area contributed by atoms with Gasteiger partial charge in [-0.15, -0.1) is 0 Å². The third kappa shape index (κ3) is 6.08. The Hall–Kier alpha value is -1.12. The van der Waals surface area contributed by atoms with Crippen LogP contribution in [0.3, 0.4) is 0 Å². The Kier molecular flexibility index (Phi) is 6.88. The quantitative estimate of drug-likeness (QED) is 0.463. The van der Waals surface area contributed by atoms with E-state index in [1.807, 2.05) is 6.07 Å². The van der Waals surface area contributed by atoms with Crippen LogP contribution in [0.1, 0.15) is 12.8 Å². The third-order valence-electron chi connectivity index (χ3n) is 1.55. The number of hydrogen-bond acceptors (Lipinski definition) is 4. The van der Waals surface area contributed by atoms with Crippen LogP contribution in [0.2, 0.25) is 0 Å². The zero-order valence-electron chi connectivity index (χ0n) is 7.71. The average molecular weight is 185 g/mol. The SMILES string of the molecule is CNC(=O)CC(C#N)NCCCO. The van der Waals surface area contributed by atoms with Crippen LogP contribution in [0, 0.1) is 11.3 Å². The van der Waals surface area contributed by atoms with Gasteiger partial charge in [-0.2, -0.15) is 5.26 Å². The number of nitrogens with one attached hydrogen (secondary N) is 2. The molecule has 0 aromatic heterocycles. The second-order valence-electron chi connectivity index (χ2n) is 2.59. The zero-order valence-corrected chi connectivity index (χ0v) is 7.71. The van der Waals surface area contributed by atoms with E-state index < -0.39 is 6.04 Å². The highest BCUT2D eigenvalue weighted by Gasteiger charge is 2.10. The molecule has 13 heavy (non-hydrogen) atoms. The van der Waals surface area contributed by atoms with Gasteiger partial charge in [-0.3, -0.25) is 4.79 Å². The molecule has 5 nitrogen and oxygen atoms in total. The van der Waals surface area contributed by atoms with Gasteiger partial charge in [-0.05, 0) is 13.0 Å². The van der Waals surface area contributed by atoms with E-state index in [4.69, 9.17) is 10.4 Å². The van der Waals surface area contributed by atoms with Crippen LogP contribution >= 0.6 is 0 Å². The fraction of sp³-hybridized carbons (Fsp3) is 0.750. The van der Waals surface area contributed by atoms with E-state index >= 15 is 0 Å². The molecule has 0 saturated carbocycles. The molecule has 0 spiro atoms. The largest absolute Gasteiger partial charge is 0.396 e. The number of rotatable bonds is 6. The van der Waals surface area contributed by atoms with Crippen molar-refractivity contribution in [3.05, 3.63) is 0 Å². The normalized spacial score (nSPS) is 11.8. The molecule has 0 aliphatic carbocycles. The van der Waals surface area contributed by atoms with Gasteiger partial charge in [0.25, 0.3) is 0 Å². The molecule has 74 valence electrons. The molecule has 0 aliphatic rings. The predicted octanol–water partition coefficient (Wildman–Crippen LogP) is -1.01. The molecular weight excluding hydrogens is 170 g/mol. The fourth-order valence-electron chi connectivity index (χ4n) is 0.806. The second-order valence-corrected chi connectivity index (χ2v) is 2.59. The molecule has 1 unspecified atom stereocenters. The number of aliphatic hydroxyl groups is 1. The van der Waals surface area contributed by atoms with E-state index in [0.717, 1.165) is 0 Å². The monoisotopic (exact) mass is 185 g/mol. The topological polar surface area (TPSA) is 85.2 Å². The molecule has 0 saturated heterocycles. The fourth-order valence-corrected chi connectivity index (χ4v) is 0.806. The van der Waals surface area contributed by atoms with Crippen LogP contribution in [0.25, 0.3) is 0 Å². The summed E-state index contributed by atoms with van der Waals surface area (Å²) in [5, 5.41) is 22.4. The Balaban J connectivity index is 3.65. The Morgan fingerprint density at radius 2 is 2.38 bits per heavy atom. The van der Waals surface area contributed by atoms with Gasteiger partial charge < -0.3 is 15.7 Å². The van der Waals surface area contributed by atoms with Gasteiger partial charge in [0.1, 0.15) is 6.04 Å². The number of nitrogens with zero attached hydrogens (tertiary/aromatic N) is 1. The number of carbonyl (C=O) groups excluding carboxylic acids is 1. The minimum atomic E-state index is -0.466. The third-order valence-corrected chi connectivity index (χ3v) is 1.55. The molecular formula is C8H15N3O2. The van der Waals surface area contributed by atoms with Crippen LogP contribution < -0.4 is 10.6 Å². The number of carbonyl (C=O) groups is 1. The lowest BCUT2D eigenvalue weighted by atomic mass is 10.2. The highest BCUT2D eigenvalue weighted by molar-refractivity contribution is 5.76. The van der Waals surface area contributed by atoms with Crippen molar-refractivity contribution in [2.45, 2.75) is 18.9 Å². The van der Waals surface area contributed by atoms with Crippen molar-refractivity contribution >= 4 is 5.91 Å². The summed E-state index contributed by atoms with van der Waals surface area (Å²) >= 11 is 0. The summed E-state index contributed by atoms with van der Waals surface area (Å²) in [6.45, 7) is 0.636. The van der Waals surface area contributed by atoms with Crippen molar-refractivity contribution in [1.82, 2.24) is 10.6 Å². The Labute approximate surface area is 77.7 Å². The van der Waals surface area contributed by atoms with Crippen LogP contribution in [-0.2, 0) is 4.79 Å². The lowest BCUT2D eigenvalue weighted by Gasteiger charge is -2.09. The van der Waals surface area contributed by atoms with Crippen molar-refractivity contribution in [1.29, 1.82) is 5.26 Å². The molecule has 0 aromatic rings. The molecule has 3 N–H and O–H groups in total. The van der Waals surface area contributed by atoms with Gasteiger partial charge in [0, 0.05) is 13.7 Å².